The number of fused-ring (bicyclic) bond motifs is 1. The van der Waals surface area contributed by atoms with Crippen LogP contribution in [0.2, 0.25) is 0 Å². The van der Waals surface area contributed by atoms with Crippen LogP contribution in [0, 0.1) is 30.3 Å². The zero-order valence-corrected chi connectivity index (χ0v) is 23.9. The molecule has 0 radical (unpaired) electrons. The van der Waals surface area contributed by atoms with Crippen LogP contribution in [-0.4, -0.2) is 71.9 Å². The van der Waals surface area contributed by atoms with Gasteiger partial charge in [0.2, 0.25) is 5.75 Å². The third-order valence-corrected chi connectivity index (χ3v) is 6.90. The number of ether oxygens (including phenoxy) is 4. The van der Waals surface area contributed by atoms with Crippen LogP contribution < -0.4 is 18.9 Å². The number of hydrogen-bond acceptors (Lipinski definition) is 13. The largest absolute Gasteiger partial charge is 0.502 e. The van der Waals surface area contributed by atoms with Crippen molar-refractivity contribution in [1.29, 1.82) is 0 Å². The number of nitro benzene ring substituents is 3. The summed E-state index contributed by atoms with van der Waals surface area (Å²) in [6.45, 7) is 0.919. The molecule has 1 aliphatic heterocycles. The van der Waals surface area contributed by atoms with Crippen molar-refractivity contribution in [2.75, 3.05) is 42.0 Å². The van der Waals surface area contributed by atoms with Crippen molar-refractivity contribution in [3.63, 3.8) is 0 Å². The molecule has 0 amide bonds. The van der Waals surface area contributed by atoms with E-state index in [0.29, 0.717) is 35.1 Å². The lowest BCUT2D eigenvalue weighted by molar-refractivity contribution is -0.404. The number of hydrogen-bond donors (Lipinski definition) is 2. The van der Waals surface area contributed by atoms with Gasteiger partial charge in [0.15, 0.2) is 23.0 Å². The highest BCUT2D eigenvalue weighted by Gasteiger charge is 2.32. The van der Waals surface area contributed by atoms with Crippen molar-refractivity contribution >= 4 is 17.1 Å². The van der Waals surface area contributed by atoms with Gasteiger partial charge in [-0.3, -0.25) is 35.2 Å². The second-order valence-electron chi connectivity index (χ2n) is 9.28. The van der Waals surface area contributed by atoms with Crippen molar-refractivity contribution in [3.05, 3.63) is 83.4 Å². The number of aromatic hydroxyl groups is 2. The van der Waals surface area contributed by atoms with E-state index in [1.807, 2.05) is 24.3 Å². The predicted molar refractivity (Wildman–Crippen MR) is 152 cm³/mol. The smallest absolute Gasteiger partial charge is 0.324 e. The summed E-state index contributed by atoms with van der Waals surface area (Å²) < 4.78 is 21.7. The number of phenolic OH excluding ortho intramolecular Hbond substituents is 2. The van der Waals surface area contributed by atoms with E-state index in [4.69, 9.17) is 24.1 Å². The maximum Gasteiger partial charge on any atom is 0.324 e. The van der Waals surface area contributed by atoms with E-state index >= 15 is 0 Å². The molecule has 0 bridgehead atoms. The molecule has 16 heteroatoms. The number of non-ortho nitro benzene ring substituents is 1. The van der Waals surface area contributed by atoms with Gasteiger partial charge in [-0.25, -0.2) is 0 Å². The van der Waals surface area contributed by atoms with Crippen LogP contribution in [0.3, 0.4) is 0 Å². The standard InChI is InChI=1S/C21H27NO5.C6H3N3O7/c1-22-9-8-14-12-18(26-4)20(23)21(27-5)19(14)15(22)10-13-6-7-16(24-2)17(11-13)25-3;10-6-4(8(13)14)1-3(7(11)12)2-5(6)9(15)16/h6-7,11-12,15,23H,8-10H2,1-5H3;1-2,10H. The number of nitrogens with zero attached hydrogens (tertiary/aromatic N) is 4. The van der Waals surface area contributed by atoms with Crippen molar-refractivity contribution in [3.8, 4) is 34.5 Å². The highest BCUT2D eigenvalue weighted by atomic mass is 16.6. The fourth-order valence-corrected chi connectivity index (χ4v) is 4.76. The Morgan fingerprint density at radius 2 is 1.37 bits per heavy atom. The van der Waals surface area contributed by atoms with Gasteiger partial charge in [0.05, 0.1) is 55.3 Å². The first-order valence-corrected chi connectivity index (χ1v) is 12.6. The SMILES string of the molecule is COc1ccc(CC2c3c(cc(OC)c(O)c3OC)CCN2C)cc1OC.O=[N+]([O-])c1cc([N+](=O)[O-])c(O)c([N+](=O)[O-])c1. The van der Waals surface area contributed by atoms with Crippen LogP contribution in [0.15, 0.2) is 36.4 Å². The molecule has 3 aromatic rings. The Balaban J connectivity index is 0.000000271. The molecule has 0 fully saturated rings. The molecule has 1 aliphatic rings. The zero-order valence-electron chi connectivity index (χ0n) is 23.9. The summed E-state index contributed by atoms with van der Waals surface area (Å²) in [6, 6.07) is 8.84. The van der Waals surface area contributed by atoms with Crippen LogP contribution in [0.4, 0.5) is 17.1 Å². The Morgan fingerprint density at radius 1 is 0.791 bits per heavy atom. The first-order valence-electron chi connectivity index (χ1n) is 12.6. The average molecular weight is 603 g/mol. The maximum absolute atomic E-state index is 10.6. The summed E-state index contributed by atoms with van der Waals surface area (Å²) >= 11 is 0. The molecule has 1 atom stereocenters. The van der Waals surface area contributed by atoms with Gasteiger partial charge in [-0.15, -0.1) is 0 Å². The molecular weight excluding hydrogens is 572 g/mol. The minimum atomic E-state index is -1.21. The second kappa shape index (κ2) is 13.5. The van der Waals surface area contributed by atoms with Gasteiger partial charge in [0.25, 0.3) is 11.4 Å². The van der Waals surface area contributed by atoms with Gasteiger partial charge < -0.3 is 29.2 Å². The summed E-state index contributed by atoms with van der Waals surface area (Å²) in [5.41, 5.74) is 0.275. The molecule has 0 aromatic heterocycles. The van der Waals surface area contributed by atoms with Crippen LogP contribution in [-0.2, 0) is 12.8 Å². The third kappa shape index (κ3) is 6.75. The normalized spacial score (nSPS) is 14.0. The quantitative estimate of drug-likeness (QED) is 0.258. The minimum Gasteiger partial charge on any atom is -0.502 e. The van der Waals surface area contributed by atoms with E-state index in [2.05, 4.69) is 11.9 Å². The molecule has 1 unspecified atom stereocenters. The van der Waals surface area contributed by atoms with E-state index < -0.39 is 37.6 Å². The van der Waals surface area contributed by atoms with Gasteiger partial charge in [0.1, 0.15) is 0 Å². The van der Waals surface area contributed by atoms with Crippen LogP contribution in [0.1, 0.15) is 22.7 Å². The van der Waals surface area contributed by atoms with E-state index in [1.54, 1.807) is 28.4 Å². The molecule has 0 saturated heterocycles. The lowest BCUT2D eigenvalue weighted by Gasteiger charge is -2.36. The molecule has 16 nitrogen and oxygen atoms in total. The summed E-state index contributed by atoms with van der Waals surface area (Å²) in [5.74, 6) is 1.19. The number of nitro groups is 3. The van der Waals surface area contributed by atoms with Crippen molar-refractivity contribution in [2.24, 2.45) is 0 Å². The molecule has 4 rings (SSSR count). The van der Waals surface area contributed by atoms with Crippen LogP contribution in [0.5, 0.6) is 34.5 Å². The molecule has 0 spiro atoms. The van der Waals surface area contributed by atoms with E-state index in [-0.39, 0.29) is 11.8 Å². The summed E-state index contributed by atoms with van der Waals surface area (Å²) in [5, 5.41) is 50.8. The molecule has 0 aliphatic carbocycles. The van der Waals surface area contributed by atoms with Gasteiger partial charge >= 0.3 is 11.4 Å². The van der Waals surface area contributed by atoms with Gasteiger partial charge in [-0.1, -0.05) is 6.07 Å². The third-order valence-electron chi connectivity index (χ3n) is 6.90. The number of likely N-dealkylation sites (N-methyl/N-ethyl adjacent to an activating group) is 1. The van der Waals surface area contributed by atoms with Crippen molar-refractivity contribution in [1.82, 2.24) is 4.90 Å². The van der Waals surface area contributed by atoms with E-state index in [1.165, 1.54) is 0 Å². The summed E-state index contributed by atoms with van der Waals surface area (Å²) in [6.07, 6.45) is 1.63. The molecule has 43 heavy (non-hydrogen) atoms. The highest BCUT2D eigenvalue weighted by Crippen LogP contribution is 2.47. The first-order chi connectivity index (χ1) is 20.4. The molecule has 230 valence electrons. The molecule has 2 N–H and O–H groups in total. The fourth-order valence-electron chi connectivity index (χ4n) is 4.76. The first kappa shape index (κ1) is 32.1. The summed E-state index contributed by atoms with van der Waals surface area (Å²) in [7, 11) is 8.49. The van der Waals surface area contributed by atoms with Crippen molar-refractivity contribution < 1.29 is 43.9 Å². The molecule has 1 heterocycles. The fraction of sp³-hybridized carbons (Fsp3) is 0.333. The van der Waals surface area contributed by atoms with Crippen molar-refractivity contribution in [2.45, 2.75) is 18.9 Å². The Hall–Kier alpha value is -5.38. The van der Waals surface area contributed by atoms with E-state index in [9.17, 15) is 35.4 Å². The highest BCUT2D eigenvalue weighted by molar-refractivity contribution is 5.64. The predicted octanol–water partition coefficient (Wildman–Crippen LogP) is 4.32. The number of benzene rings is 3. The van der Waals surface area contributed by atoms with Gasteiger partial charge in [0, 0.05) is 18.2 Å². The maximum atomic E-state index is 10.6. The number of rotatable bonds is 9. The number of methoxy groups -OCH3 is 4. The van der Waals surface area contributed by atoms with Crippen LogP contribution >= 0.6 is 0 Å². The summed E-state index contributed by atoms with van der Waals surface area (Å²) in [4.78, 5) is 30.1. The second-order valence-corrected chi connectivity index (χ2v) is 9.28. The zero-order chi connectivity index (χ0) is 32.0. The monoisotopic (exact) mass is 602 g/mol. The Kier molecular flexibility index (Phi) is 10.1. The van der Waals surface area contributed by atoms with E-state index in [0.717, 1.165) is 36.1 Å². The van der Waals surface area contributed by atoms with Gasteiger partial charge in [-0.05, 0) is 49.2 Å². The molecule has 0 saturated carbocycles. The Morgan fingerprint density at radius 3 is 1.86 bits per heavy atom. The Bertz CT molecular complexity index is 1510. The van der Waals surface area contributed by atoms with Gasteiger partial charge in [-0.2, -0.15) is 0 Å². The minimum absolute atomic E-state index is 0.0476. The lowest BCUT2D eigenvalue weighted by Crippen LogP contribution is -2.33. The Labute approximate surface area is 245 Å². The topological polar surface area (TPSA) is 210 Å². The number of phenols is 2. The van der Waals surface area contributed by atoms with Crippen LogP contribution in [0.25, 0.3) is 0 Å². The average Bonchev–Trinajstić information content (AvgIpc) is 2.98. The molecule has 3 aromatic carbocycles. The lowest BCUT2D eigenvalue weighted by atomic mass is 9.87. The molecular formula is C27H30N4O12.